The van der Waals surface area contributed by atoms with Gasteiger partial charge in [0, 0.05) is 19.6 Å². The molecule has 2 aromatic heterocycles. The van der Waals surface area contributed by atoms with Crippen LogP contribution in [0.25, 0.3) is 22.6 Å². The highest BCUT2D eigenvalue weighted by molar-refractivity contribution is 5.97. The molecule has 0 radical (unpaired) electrons. The summed E-state index contributed by atoms with van der Waals surface area (Å²) in [5, 5.41) is 19.1. The summed E-state index contributed by atoms with van der Waals surface area (Å²) >= 11 is 0. The lowest BCUT2D eigenvalue weighted by atomic mass is 10.1. The van der Waals surface area contributed by atoms with Crippen LogP contribution in [-0.2, 0) is 16.1 Å². The highest BCUT2D eigenvalue weighted by atomic mass is 16.5. The molecule has 1 atom stereocenters. The van der Waals surface area contributed by atoms with E-state index >= 15 is 0 Å². The molecular formula is C21H23N7O2. The molecule has 2 aliphatic rings. The van der Waals surface area contributed by atoms with Crippen LogP contribution in [0.3, 0.4) is 0 Å². The van der Waals surface area contributed by atoms with E-state index < -0.39 is 5.92 Å². The van der Waals surface area contributed by atoms with Crippen LogP contribution in [0.2, 0.25) is 0 Å². The van der Waals surface area contributed by atoms with Crippen LogP contribution >= 0.6 is 0 Å². The normalized spacial score (nSPS) is 18.2. The summed E-state index contributed by atoms with van der Waals surface area (Å²) in [4.78, 5) is 22.8. The van der Waals surface area contributed by atoms with Gasteiger partial charge in [-0.1, -0.05) is 6.07 Å². The quantitative estimate of drug-likeness (QED) is 0.578. The van der Waals surface area contributed by atoms with Crippen molar-refractivity contribution in [2.24, 2.45) is 11.8 Å². The van der Waals surface area contributed by atoms with E-state index in [1.807, 2.05) is 6.07 Å². The zero-order valence-electron chi connectivity index (χ0n) is 16.5. The Morgan fingerprint density at radius 2 is 2.20 bits per heavy atom. The van der Waals surface area contributed by atoms with Gasteiger partial charge in [0.2, 0.25) is 5.91 Å². The van der Waals surface area contributed by atoms with E-state index in [0.29, 0.717) is 17.2 Å². The number of carbonyl (C=O) groups is 1. The summed E-state index contributed by atoms with van der Waals surface area (Å²) in [6.45, 7) is 4.30. The molecule has 1 aliphatic heterocycles. The molecule has 0 bridgehead atoms. The highest BCUT2D eigenvalue weighted by Crippen LogP contribution is 2.37. The molecule has 2 fully saturated rings. The third-order valence-corrected chi connectivity index (χ3v) is 5.71. The van der Waals surface area contributed by atoms with Crippen molar-refractivity contribution in [1.82, 2.24) is 25.1 Å². The van der Waals surface area contributed by atoms with Crippen LogP contribution in [-0.4, -0.2) is 57.3 Å². The Balaban J connectivity index is 1.35. The molecule has 1 saturated heterocycles. The monoisotopic (exact) mass is 405 g/mol. The van der Waals surface area contributed by atoms with E-state index in [0.717, 1.165) is 56.7 Å². The van der Waals surface area contributed by atoms with Crippen LogP contribution in [0, 0.1) is 23.2 Å². The second-order valence-electron chi connectivity index (χ2n) is 7.92. The van der Waals surface area contributed by atoms with Gasteiger partial charge in [-0.2, -0.15) is 10.4 Å². The molecule has 1 saturated carbocycles. The summed E-state index contributed by atoms with van der Waals surface area (Å²) in [5.74, 6) is -0.139. The number of rotatable bonds is 6. The van der Waals surface area contributed by atoms with Gasteiger partial charge < -0.3 is 15.0 Å². The summed E-state index contributed by atoms with van der Waals surface area (Å²) in [5.41, 5.74) is 4.10. The SMILES string of the molecule is N#CC(C(=O)Nc1cn[nH]c1-c1nc2ccc(CN3CCOCC3)cc2[nH]1)C1CC1. The lowest BCUT2D eigenvalue weighted by molar-refractivity contribution is -0.118. The minimum atomic E-state index is -0.619. The van der Waals surface area contributed by atoms with Gasteiger partial charge in [0.25, 0.3) is 0 Å². The fourth-order valence-corrected chi connectivity index (χ4v) is 3.87. The van der Waals surface area contributed by atoms with Crippen molar-refractivity contribution < 1.29 is 9.53 Å². The number of anilines is 1. The number of nitriles is 1. The topological polar surface area (TPSA) is 123 Å². The van der Waals surface area contributed by atoms with Gasteiger partial charge >= 0.3 is 0 Å². The van der Waals surface area contributed by atoms with Crippen molar-refractivity contribution in [3.63, 3.8) is 0 Å². The number of nitrogens with zero attached hydrogens (tertiary/aromatic N) is 4. The molecule has 5 rings (SSSR count). The number of H-pyrrole nitrogens is 2. The Bertz CT molecular complexity index is 1100. The van der Waals surface area contributed by atoms with Crippen LogP contribution in [0.5, 0.6) is 0 Å². The third-order valence-electron chi connectivity index (χ3n) is 5.71. The number of carbonyl (C=O) groups excluding carboxylic acids is 1. The zero-order valence-corrected chi connectivity index (χ0v) is 16.5. The van der Waals surface area contributed by atoms with E-state index in [1.165, 1.54) is 5.56 Å². The van der Waals surface area contributed by atoms with Gasteiger partial charge in [-0.3, -0.25) is 14.8 Å². The summed E-state index contributed by atoms with van der Waals surface area (Å²) in [7, 11) is 0. The first-order valence-corrected chi connectivity index (χ1v) is 10.2. The summed E-state index contributed by atoms with van der Waals surface area (Å²) in [6, 6.07) is 8.31. The number of imidazole rings is 1. The molecule has 1 amide bonds. The Labute approximate surface area is 173 Å². The number of aromatic amines is 2. The van der Waals surface area contributed by atoms with Gasteiger partial charge in [-0.15, -0.1) is 0 Å². The Morgan fingerprint density at radius 3 is 2.97 bits per heavy atom. The summed E-state index contributed by atoms with van der Waals surface area (Å²) < 4.78 is 5.41. The molecule has 9 nitrogen and oxygen atoms in total. The maximum atomic E-state index is 12.5. The number of nitrogens with one attached hydrogen (secondary N) is 3. The Morgan fingerprint density at radius 1 is 1.37 bits per heavy atom. The third kappa shape index (κ3) is 3.79. The lowest BCUT2D eigenvalue weighted by Crippen LogP contribution is -2.35. The fraction of sp³-hybridized carbons (Fsp3) is 0.429. The smallest absolute Gasteiger partial charge is 0.242 e. The standard InChI is InChI=1S/C21H23N7O2/c22-10-15(14-2-3-14)21(29)26-18-11-23-27-19(18)20-24-16-4-1-13(9-17(16)25-20)12-28-5-7-30-8-6-28/h1,4,9,11,14-15H,2-3,5-8,12H2,(H,23,27)(H,24,25)(H,26,29). The number of aromatic nitrogens is 4. The van der Waals surface area contributed by atoms with Crippen molar-refractivity contribution in [2.75, 3.05) is 31.6 Å². The van der Waals surface area contributed by atoms with E-state index in [-0.39, 0.29) is 11.8 Å². The Hall–Kier alpha value is -3.22. The first kappa shape index (κ1) is 18.8. The molecule has 154 valence electrons. The maximum Gasteiger partial charge on any atom is 0.242 e. The molecule has 1 unspecified atom stereocenters. The minimum absolute atomic E-state index is 0.168. The summed E-state index contributed by atoms with van der Waals surface area (Å²) in [6.07, 6.45) is 3.41. The van der Waals surface area contributed by atoms with E-state index in [2.05, 4.69) is 48.6 Å². The van der Waals surface area contributed by atoms with E-state index in [9.17, 15) is 10.1 Å². The van der Waals surface area contributed by atoms with Crippen LogP contribution in [0.1, 0.15) is 18.4 Å². The van der Waals surface area contributed by atoms with Crippen molar-refractivity contribution in [1.29, 1.82) is 5.26 Å². The van der Waals surface area contributed by atoms with Gasteiger partial charge in [0.1, 0.15) is 11.6 Å². The highest BCUT2D eigenvalue weighted by Gasteiger charge is 2.36. The van der Waals surface area contributed by atoms with Crippen molar-refractivity contribution >= 4 is 22.6 Å². The maximum absolute atomic E-state index is 12.5. The lowest BCUT2D eigenvalue weighted by Gasteiger charge is -2.26. The average Bonchev–Trinajstić information content (AvgIpc) is 3.32. The van der Waals surface area contributed by atoms with Gasteiger partial charge in [0.05, 0.1) is 42.2 Å². The molecule has 30 heavy (non-hydrogen) atoms. The van der Waals surface area contributed by atoms with Gasteiger partial charge in [0.15, 0.2) is 5.82 Å². The first-order valence-electron chi connectivity index (χ1n) is 10.2. The molecule has 1 aromatic carbocycles. The predicted molar refractivity (Wildman–Crippen MR) is 110 cm³/mol. The largest absolute Gasteiger partial charge is 0.379 e. The van der Waals surface area contributed by atoms with E-state index in [4.69, 9.17) is 4.74 Å². The van der Waals surface area contributed by atoms with Crippen molar-refractivity contribution in [3.05, 3.63) is 30.0 Å². The second kappa shape index (κ2) is 7.89. The van der Waals surface area contributed by atoms with Crippen LogP contribution < -0.4 is 5.32 Å². The second-order valence-corrected chi connectivity index (χ2v) is 7.92. The number of hydrogen-bond acceptors (Lipinski definition) is 6. The molecule has 3 heterocycles. The fourth-order valence-electron chi connectivity index (χ4n) is 3.87. The number of morpholine rings is 1. The van der Waals surface area contributed by atoms with E-state index in [1.54, 1.807) is 6.20 Å². The Kier molecular flexibility index (Phi) is 4.94. The number of fused-ring (bicyclic) bond motifs is 1. The number of amides is 1. The molecule has 3 N–H and O–H groups in total. The molecule has 1 aliphatic carbocycles. The van der Waals surface area contributed by atoms with Crippen molar-refractivity contribution in [2.45, 2.75) is 19.4 Å². The molecular weight excluding hydrogens is 382 g/mol. The molecule has 0 spiro atoms. The number of ether oxygens (including phenoxy) is 1. The van der Waals surface area contributed by atoms with Crippen molar-refractivity contribution in [3.8, 4) is 17.6 Å². The number of benzene rings is 1. The minimum Gasteiger partial charge on any atom is -0.379 e. The molecule has 9 heteroatoms. The van der Waals surface area contributed by atoms with Crippen LogP contribution in [0.15, 0.2) is 24.4 Å². The van der Waals surface area contributed by atoms with Crippen LogP contribution in [0.4, 0.5) is 5.69 Å². The predicted octanol–water partition coefficient (Wildman–Crippen LogP) is 2.27. The number of hydrogen-bond donors (Lipinski definition) is 3. The average molecular weight is 405 g/mol. The van der Waals surface area contributed by atoms with Gasteiger partial charge in [-0.25, -0.2) is 4.98 Å². The first-order chi connectivity index (χ1) is 14.7. The van der Waals surface area contributed by atoms with Gasteiger partial charge in [-0.05, 0) is 36.5 Å². The molecule has 3 aromatic rings. The zero-order chi connectivity index (χ0) is 20.5.